The topological polar surface area (TPSA) is 26.0 Å². The van der Waals surface area contributed by atoms with Crippen LogP contribution in [-0.4, -0.2) is 0 Å². The summed E-state index contributed by atoms with van der Waals surface area (Å²) in [7, 11) is 0. The zero-order valence-corrected chi connectivity index (χ0v) is 9.02. The monoisotopic (exact) mass is 261 g/mol. The van der Waals surface area contributed by atoms with Gasteiger partial charge in [0.15, 0.2) is 0 Å². The third-order valence-corrected chi connectivity index (χ3v) is 2.29. The van der Waals surface area contributed by atoms with Crippen molar-refractivity contribution in [2.24, 2.45) is 5.73 Å². The van der Waals surface area contributed by atoms with Gasteiger partial charge < -0.3 is 5.73 Å². The quantitative estimate of drug-likeness (QED) is 0.831. The first-order valence-electron chi connectivity index (χ1n) is 4.07. The van der Waals surface area contributed by atoms with Gasteiger partial charge in [0.05, 0.1) is 0 Å². The van der Waals surface area contributed by atoms with Crippen LogP contribution in [0.25, 0.3) is 0 Å². The fourth-order valence-corrected chi connectivity index (χ4v) is 1.61. The average molecular weight is 262 g/mol. The number of hydrogen-bond acceptors (Lipinski definition) is 1. The first kappa shape index (κ1) is 11.3. The molecule has 0 aliphatic heterocycles. The van der Waals surface area contributed by atoms with Crippen molar-refractivity contribution >= 4 is 15.9 Å². The Bertz CT molecular complexity index is 329. The molecule has 0 spiro atoms. The Hall–Kier alpha value is -0.740. The molecule has 2 N–H and O–H groups in total. The Morgan fingerprint density at radius 1 is 1.43 bits per heavy atom. The standard InChI is InChI=1S/C10H10BrF2N/c1-2-3-9(14)10-7(12)4-6(11)5-8(10)13/h2,4-5,9H,1,3,14H2/t9-/m0/s1. The van der Waals surface area contributed by atoms with Gasteiger partial charge in [0, 0.05) is 16.1 Å². The molecule has 0 radical (unpaired) electrons. The Balaban J connectivity index is 3.13. The van der Waals surface area contributed by atoms with Crippen LogP contribution in [0, 0.1) is 11.6 Å². The summed E-state index contributed by atoms with van der Waals surface area (Å²) in [6.45, 7) is 3.47. The fraction of sp³-hybridized carbons (Fsp3) is 0.200. The Labute approximate surface area is 89.7 Å². The van der Waals surface area contributed by atoms with Gasteiger partial charge in [-0.2, -0.15) is 0 Å². The van der Waals surface area contributed by atoms with Crippen LogP contribution in [0.2, 0.25) is 0 Å². The van der Waals surface area contributed by atoms with Crippen LogP contribution in [-0.2, 0) is 0 Å². The number of benzene rings is 1. The van der Waals surface area contributed by atoms with E-state index < -0.39 is 17.7 Å². The average Bonchev–Trinajstić information content (AvgIpc) is 2.01. The molecule has 0 aliphatic rings. The molecule has 0 unspecified atom stereocenters. The van der Waals surface area contributed by atoms with Crippen molar-refractivity contribution in [1.29, 1.82) is 0 Å². The van der Waals surface area contributed by atoms with Crippen molar-refractivity contribution < 1.29 is 8.78 Å². The maximum Gasteiger partial charge on any atom is 0.132 e. The zero-order chi connectivity index (χ0) is 10.7. The van der Waals surface area contributed by atoms with Crippen molar-refractivity contribution in [3.63, 3.8) is 0 Å². The number of rotatable bonds is 3. The molecule has 0 aromatic heterocycles. The summed E-state index contributed by atoms with van der Waals surface area (Å²) < 4.78 is 27.0. The van der Waals surface area contributed by atoms with Gasteiger partial charge >= 0.3 is 0 Å². The van der Waals surface area contributed by atoms with Gasteiger partial charge in [0.2, 0.25) is 0 Å². The summed E-state index contributed by atoms with van der Waals surface area (Å²) >= 11 is 2.99. The van der Waals surface area contributed by atoms with Crippen LogP contribution in [0.5, 0.6) is 0 Å². The largest absolute Gasteiger partial charge is 0.324 e. The van der Waals surface area contributed by atoms with Gasteiger partial charge in [0.1, 0.15) is 11.6 Å². The predicted molar refractivity (Wildman–Crippen MR) is 55.8 cm³/mol. The molecule has 1 atom stereocenters. The van der Waals surface area contributed by atoms with Crippen LogP contribution in [0.15, 0.2) is 29.3 Å². The second-order valence-electron chi connectivity index (χ2n) is 2.91. The first-order valence-corrected chi connectivity index (χ1v) is 4.86. The molecule has 1 nitrogen and oxygen atoms in total. The van der Waals surface area contributed by atoms with E-state index >= 15 is 0 Å². The van der Waals surface area contributed by atoms with Crippen LogP contribution in [0.3, 0.4) is 0 Å². The SMILES string of the molecule is C=CC[C@H](N)c1c(F)cc(Br)cc1F. The van der Waals surface area contributed by atoms with Crippen LogP contribution >= 0.6 is 15.9 Å². The third kappa shape index (κ3) is 2.39. The van der Waals surface area contributed by atoms with E-state index in [-0.39, 0.29) is 5.56 Å². The summed E-state index contributed by atoms with van der Waals surface area (Å²) in [6, 6.07) is 1.71. The third-order valence-electron chi connectivity index (χ3n) is 1.84. The Morgan fingerprint density at radius 2 is 1.93 bits per heavy atom. The van der Waals surface area contributed by atoms with E-state index in [1.54, 1.807) is 0 Å². The second-order valence-corrected chi connectivity index (χ2v) is 3.83. The van der Waals surface area contributed by atoms with Crippen LogP contribution < -0.4 is 5.73 Å². The molecule has 4 heteroatoms. The van der Waals surface area contributed by atoms with Gasteiger partial charge in [-0.15, -0.1) is 6.58 Å². The van der Waals surface area contributed by atoms with E-state index in [1.165, 1.54) is 18.2 Å². The lowest BCUT2D eigenvalue weighted by atomic mass is 10.0. The highest BCUT2D eigenvalue weighted by Gasteiger charge is 2.16. The normalized spacial score (nSPS) is 12.6. The minimum atomic E-state index is -0.680. The maximum absolute atomic E-state index is 13.3. The molecule has 1 rings (SSSR count). The van der Waals surface area contributed by atoms with Gasteiger partial charge in [-0.3, -0.25) is 0 Å². The molecule has 76 valence electrons. The lowest BCUT2D eigenvalue weighted by Gasteiger charge is -2.11. The van der Waals surface area contributed by atoms with E-state index in [0.717, 1.165) is 0 Å². The van der Waals surface area contributed by atoms with Crippen molar-refractivity contribution in [3.8, 4) is 0 Å². The summed E-state index contributed by atoms with van der Waals surface area (Å²) in [5, 5.41) is 0. The molecule has 0 fully saturated rings. The Morgan fingerprint density at radius 3 is 2.36 bits per heavy atom. The highest BCUT2D eigenvalue weighted by Crippen LogP contribution is 2.25. The number of hydrogen-bond donors (Lipinski definition) is 1. The second kappa shape index (κ2) is 4.66. The molecule has 0 aliphatic carbocycles. The van der Waals surface area contributed by atoms with Gasteiger partial charge in [0.25, 0.3) is 0 Å². The van der Waals surface area contributed by atoms with E-state index in [1.807, 2.05) is 0 Å². The van der Waals surface area contributed by atoms with Gasteiger partial charge in [-0.25, -0.2) is 8.78 Å². The maximum atomic E-state index is 13.3. The van der Waals surface area contributed by atoms with E-state index in [0.29, 0.717) is 10.9 Å². The number of nitrogens with two attached hydrogens (primary N) is 1. The van der Waals surface area contributed by atoms with E-state index in [2.05, 4.69) is 22.5 Å². The minimum absolute atomic E-state index is 0.0897. The number of halogens is 3. The highest BCUT2D eigenvalue weighted by molar-refractivity contribution is 9.10. The fourth-order valence-electron chi connectivity index (χ4n) is 1.20. The molecule has 0 amide bonds. The molecule has 0 bridgehead atoms. The molecule has 1 aromatic rings. The molecule has 0 heterocycles. The molecule has 14 heavy (non-hydrogen) atoms. The summed E-state index contributed by atoms with van der Waals surface area (Å²) in [4.78, 5) is 0. The van der Waals surface area contributed by atoms with Crippen molar-refractivity contribution in [2.75, 3.05) is 0 Å². The minimum Gasteiger partial charge on any atom is -0.324 e. The van der Waals surface area contributed by atoms with Crippen LogP contribution in [0.1, 0.15) is 18.0 Å². The lowest BCUT2D eigenvalue weighted by Crippen LogP contribution is -2.13. The van der Waals surface area contributed by atoms with Gasteiger partial charge in [-0.05, 0) is 18.6 Å². The lowest BCUT2D eigenvalue weighted by molar-refractivity contribution is 0.526. The highest BCUT2D eigenvalue weighted by atomic mass is 79.9. The first-order chi connectivity index (χ1) is 6.56. The van der Waals surface area contributed by atoms with Crippen molar-refractivity contribution in [1.82, 2.24) is 0 Å². The van der Waals surface area contributed by atoms with Gasteiger partial charge in [-0.1, -0.05) is 22.0 Å². The van der Waals surface area contributed by atoms with E-state index in [9.17, 15) is 8.78 Å². The summed E-state index contributed by atoms with van der Waals surface area (Å²) in [5.41, 5.74) is 5.50. The summed E-state index contributed by atoms with van der Waals surface area (Å²) in [6.07, 6.45) is 1.88. The Kier molecular flexibility index (Phi) is 3.77. The molecule has 0 saturated heterocycles. The zero-order valence-electron chi connectivity index (χ0n) is 7.43. The molecule has 1 aromatic carbocycles. The van der Waals surface area contributed by atoms with Crippen molar-refractivity contribution in [3.05, 3.63) is 46.5 Å². The summed E-state index contributed by atoms with van der Waals surface area (Å²) in [5.74, 6) is -1.27. The molecule has 0 saturated carbocycles. The smallest absolute Gasteiger partial charge is 0.132 e. The van der Waals surface area contributed by atoms with Crippen LogP contribution in [0.4, 0.5) is 8.78 Å². The molecular weight excluding hydrogens is 252 g/mol. The predicted octanol–water partition coefficient (Wildman–Crippen LogP) is 3.30. The molecular formula is C10H10BrF2N. The van der Waals surface area contributed by atoms with E-state index in [4.69, 9.17) is 5.73 Å². The van der Waals surface area contributed by atoms with Crippen molar-refractivity contribution in [2.45, 2.75) is 12.5 Å².